The van der Waals surface area contributed by atoms with Gasteiger partial charge in [-0.2, -0.15) is 0 Å². The number of aryl methyl sites for hydroxylation is 1. The van der Waals surface area contributed by atoms with Gasteiger partial charge in [0.1, 0.15) is 17.6 Å². The molecule has 1 aromatic heterocycles. The molecule has 5 heteroatoms. The van der Waals surface area contributed by atoms with Gasteiger partial charge < -0.3 is 5.11 Å². The summed E-state index contributed by atoms with van der Waals surface area (Å²) in [4.78, 5) is 19.1. The summed E-state index contributed by atoms with van der Waals surface area (Å²) in [6.07, 6.45) is 1.51. The zero-order chi connectivity index (χ0) is 14.0. The van der Waals surface area contributed by atoms with E-state index >= 15 is 0 Å². The van der Waals surface area contributed by atoms with Crippen LogP contribution in [0.15, 0.2) is 30.5 Å². The van der Waals surface area contributed by atoms with E-state index in [1.54, 1.807) is 25.1 Å². The molecule has 0 saturated carbocycles. The highest BCUT2D eigenvalue weighted by Crippen LogP contribution is 2.21. The van der Waals surface area contributed by atoms with Crippen LogP contribution >= 0.6 is 0 Å². The van der Waals surface area contributed by atoms with Crippen LogP contribution in [0.4, 0.5) is 4.39 Å². The van der Waals surface area contributed by atoms with Crippen molar-refractivity contribution in [2.75, 3.05) is 0 Å². The van der Waals surface area contributed by atoms with Gasteiger partial charge >= 0.3 is 5.97 Å². The molecule has 0 aliphatic carbocycles. The topological polar surface area (TPSA) is 63.1 Å². The predicted molar refractivity (Wildman–Crippen MR) is 68.2 cm³/mol. The number of aliphatic carboxylic acids is 1. The molecular weight excluding hydrogens is 247 g/mol. The summed E-state index contributed by atoms with van der Waals surface area (Å²) in [5.74, 6) is -1.79. The van der Waals surface area contributed by atoms with Crippen molar-refractivity contribution in [2.45, 2.75) is 19.8 Å². The molecule has 1 aromatic carbocycles. The Morgan fingerprint density at radius 3 is 2.74 bits per heavy atom. The number of carboxylic acid groups (broad SMARTS) is 1. The Bertz CT molecular complexity index is 629. The van der Waals surface area contributed by atoms with Crippen molar-refractivity contribution < 1.29 is 14.3 Å². The third-order valence-electron chi connectivity index (χ3n) is 2.89. The number of carbonyl (C=O) groups is 1. The molecule has 4 nitrogen and oxygen atoms in total. The molecule has 0 aliphatic heterocycles. The van der Waals surface area contributed by atoms with E-state index in [9.17, 15) is 9.18 Å². The van der Waals surface area contributed by atoms with Crippen LogP contribution in [0.25, 0.3) is 11.3 Å². The summed E-state index contributed by atoms with van der Waals surface area (Å²) in [6.45, 7) is 3.19. The average Bonchev–Trinajstić information content (AvgIpc) is 2.41. The standard InChI is InChI=1S/C14H13FN2O2/c1-8-7-10(3-4-11(8)15)12-5-6-16-13(17-12)9(2)14(18)19/h3-7,9H,1-2H3,(H,18,19). The minimum absolute atomic E-state index is 0.243. The Morgan fingerprint density at radius 2 is 2.11 bits per heavy atom. The van der Waals surface area contributed by atoms with Crippen molar-refractivity contribution in [1.29, 1.82) is 0 Å². The average molecular weight is 260 g/mol. The van der Waals surface area contributed by atoms with E-state index in [2.05, 4.69) is 9.97 Å². The highest BCUT2D eigenvalue weighted by molar-refractivity contribution is 5.74. The highest BCUT2D eigenvalue weighted by Gasteiger charge is 2.17. The van der Waals surface area contributed by atoms with Crippen LogP contribution in [0, 0.1) is 12.7 Å². The Morgan fingerprint density at radius 1 is 1.37 bits per heavy atom. The van der Waals surface area contributed by atoms with Gasteiger partial charge in [0.2, 0.25) is 0 Å². The Kier molecular flexibility index (Phi) is 3.55. The van der Waals surface area contributed by atoms with Crippen LogP contribution in [0.5, 0.6) is 0 Å². The lowest BCUT2D eigenvalue weighted by molar-refractivity contribution is -0.138. The maximum absolute atomic E-state index is 13.2. The molecule has 1 atom stereocenters. The first-order chi connectivity index (χ1) is 8.99. The zero-order valence-electron chi connectivity index (χ0n) is 10.6. The fraction of sp³-hybridized carbons (Fsp3) is 0.214. The molecule has 2 aromatic rings. The summed E-state index contributed by atoms with van der Waals surface area (Å²) in [6, 6.07) is 6.32. The first kappa shape index (κ1) is 13.1. The van der Waals surface area contributed by atoms with Gasteiger partial charge in [-0.15, -0.1) is 0 Å². The predicted octanol–water partition coefficient (Wildman–Crippen LogP) is 2.78. The fourth-order valence-electron chi connectivity index (χ4n) is 1.66. The van der Waals surface area contributed by atoms with Crippen LogP contribution in [0.2, 0.25) is 0 Å². The monoisotopic (exact) mass is 260 g/mol. The summed E-state index contributed by atoms with van der Waals surface area (Å²) in [5, 5.41) is 8.95. The number of carboxylic acids is 1. The lowest BCUT2D eigenvalue weighted by atomic mass is 10.1. The van der Waals surface area contributed by atoms with Crippen LogP contribution in [0.1, 0.15) is 24.2 Å². The molecule has 19 heavy (non-hydrogen) atoms. The minimum Gasteiger partial charge on any atom is -0.481 e. The van der Waals surface area contributed by atoms with Gasteiger partial charge in [-0.25, -0.2) is 14.4 Å². The molecule has 1 N–H and O–H groups in total. The smallest absolute Gasteiger partial charge is 0.313 e. The molecule has 1 heterocycles. The molecule has 0 amide bonds. The first-order valence-electron chi connectivity index (χ1n) is 5.81. The fourth-order valence-corrected chi connectivity index (χ4v) is 1.66. The molecule has 0 aliphatic rings. The lowest BCUT2D eigenvalue weighted by Gasteiger charge is -2.07. The van der Waals surface area contributed by atoms with Gasteiger partial charge in [-0.3, -0.25) is 4.79 Å². The van der Waals surface area contributed by atoms with Crippen molar-refractivity contribution in [3.05, 3.63) is 47.7 Å². The van der Waals surface area contributed by atoms with Gasteiger partial charge in [-0.05, 0) is 43.7 Å². The third kappa shape index (κ3) is 2.76. The molecular formula is C14H13FN2O2. The van der Waals surface area contributed by atoms with E-state index in [0.29, 0.717) is 11.3 Å². The van der Waals surface area contributed by atoms with Crippen molar-refractivity contribution >= 4 is 5.97 Å². The van der Waals surface area contributed by atoms with Crippen LogP contribution in [-0.2, 0) is 4.79 Å². The molecule has 2 rings (SSSR count). The van der Waals surface area contributed by atoms with Gasteiger partial charge in [0.05, 0.1) is 5.69 Å². The second kappa shape index (κ2) is 5.14. The molecule has 1 unspecified atom stereocenters. The van der Waals surface area contributed by atoms with Gasteiger partial charge in [0, 0.05) is 11.8 Å². The van der Waals surface area contributed by atoms with Crippen molar-refractivity contribution in [3.63, 3.8) is 0 Å². The van der Waals surface area contributed by atoms with E-state index < -0.39 is 11.9 Å². The largest absolute Gasteiger partial charge is 0.481 e. The van der Waals surface area contributed by atoms with E-state index in [0.717, 1.165) is 5.56 Å². The number of nitrogens with zero attached hydrogens (tertiary/aromatic N) is 2. The number of aromatic nitrogens is 2. The molecule has 0 bridgehead atoms. The summed E-state index contributed by atoms with van der Waals surface area (Å²) in [7, 11) is 0. The number of rotatable bonds is 3. The minimum atomic E-state index is -0.979. The lowest BCUT2D eigenvalue weighted by Crippen LogP contribution is -2.11. The van der Waals surface area contributed by atoms with Crippen molar-refractivity contribution in [3.8, 4) is 11.3 Å². The SMILES string of the molecule is Cc1cc(-c2ccnc(C(C)C(=O)O)n2)ccc1F. The van der Waals surface area contributed by atoms with Crippen LogP contribution < -0.4 is 0 Å². The van der Waals surface area contributed by atoms with Crippen LogP contribution in [0.3, 0.4) is 0 Å². The van der Waals surface area contributed by atoms with Crippen molar-refractivity contribution in [1.82, 2.24) is 9.97 Å². The van der Waals surface area contributed by atoms with Crippen LogP contribution in [-0.4, -0.2) is 21.0 Å². The van der Waals surface area contributed by atoms with E-state index in [1.165, 1.54) is 19.2 Å². The maximum Gasteiger partial charge on any atom is 0.313 e. The quantitative estimate of drug-likeness (QED) is 0.921. The Hall–Kier alpha value is -2.30. The molecule has 98 valence electrons. The normalized spacial score (nSPS) is 12.2. The summed E-state index contributed by atoms with van der Waals surface area (Å²) >= 11 is 0. The number of halogens is 1. The third-order valence-corrected chi connectivity index (χ3v) is 2.89. The van der Waals surface area contributed by atoms with Gasteiger partial charge in [0.15, 0.2) is 0 Å². The Labute approximate surface area is 110 Å². The zero-order valence-corrected chi connectivity index (χ0v) is 10.6. The maximum atomic E-state index is 13.2. The highest BCUT2D eigenvalue weighted by atomic mass is 19.1. The van der Waals surface area contributed by atoms with Gasteiger partial charge in [-0.1, -0.05) is 0 Å². The van der Waals surface area contributed by atoms with E-state index in [-0.39, 0.29) is 11.6 Å². The first-order valence-corrected chi connectivity index (χ1v) is 5.81. The summed E-state index contributed by atoms with van der Waals surface area (Å²) in [5.41, 5.74) is 1.84. The number of hydrogen-bond acceptors (Lipinski definition) is 3. The molecule has 0 saturated heterocycles. The van der Waals surface area contributed by atoms with E-state index in [1.807, 2.05) is 0 Å². The molecule has 0 fully saturated rings. The number of hydrogen-bond donors (Lipinski definition) is 1. The second-order valence-electron chi connectivity index (χ2n) is 4.32. The van der Waals surface area contributed by atoms with E-state index in [4.69, 9.17) is 5.11 Å². The van der Waals surface area contributed by atoms with Gasteiger partial charge in [0.25, 0.3) is 0 Å². The second-order valence-corrected chi connectivity index (χ2v) is 4.32. The Balaban J connectivity index is 2.43. The molecule has 0 spiro atoms. The molecule has 0 radical (unpaired) electrons. The summed E-state index contributed by atoms with van der Waals surface area (Å²) < 4.78 is 13.2. The number of benzene rings is 1. The van der Waals surface area contributed by atoms with Crippen molar-refractivity contribution in [2.24, 2.45) is 0 Å².